The van der Waals surface area contributed by atoms with Gasteiger partial charge in [0.25, 0.3) is 0 Å². The van der Waals surface area contributed by atoms with Crippen LogP contribution in [0.5, 0.6) is 11.5 Å². The third-order valence-corrected chi connectivity index (χ3v) is 4.38. The van der Waals surface area contributed by atoms with Crippen LogP contribution in [0.3, 0.4) is 0 Å². The van der Waals surface area contributed by atoms with Crippen molar-refractivity contribution in [1.29, 1.82) is 0 Å². The first kappa shape index (κ1) is 22.4. The average molecular weight is 419 g/mol. The number of carbonyl (C=O) groups is 1. The highest BCUT2D eigenvalue weighted by atomic mass is 35.5. The molecule has 2 aromatic carbocycles. The van der Waals surface area contributed by atoms with E-state index in [1.54, 1.807) is 45.5 Å². The van der Waals surface area contributed by atoms with Gasteiger partial charge in [-0.3, -0.25) is 9.79 Å². The minimum Gasteiger partial charge on any atom is -0.493 e. The monoisotopic (exact) mass is 418 g/mol. The zero-order chi connectivity index (χ0) is 21.1. The number of nitrogens with one attached hydrogen (secondary N) is 3. The second kappa shape index (κ2) is 11.8. The second-order valence-electron chi connectivity index (χ2n) is 6.20. The minimum absolute atomic E-state index is 0.0394. The predicted octanol–water partition coefficient (Wildman–Crippen LogP) is 3.44. The Balaban J connectivity index is 1.71. The van der Waals surface area contributed by atoms with Crippen LogP contribution >= 0.6 is 11.6 Å². The fraction of sp³-hybridized carbons (Fsp3) is 0.333. The summed E-state index contributed by atoms with van der Waals surface area (Å²) in [5, 5.41) is 9.92. The van der Waals surface area contributed by atoms with Crippen LogP contribution in [-0.2, 0) is 11.3 Å². The molecule has 0 saturated carbocycles. The first-order valence-corrected chi connectivity index (χ1v) is 9.64. The van der Waals surface area contributed by atoms with Gasteiger partial charge in [0.2, 0.25) is 5.91 Å². The number of carbonyl (C=O) groups excluding carboxylic acids is 1. The normalized spacial score (nSPS) is 11.0. The van der Waals surface area contributed by atoms with Crippen LogP contribution in [0.25, 0.3) is 0 Å². The number of hydrogen-bond acceptors (Lipinski definition) is 4. The molecule has 2 rings (SSSR count). The zero-order valence-corrected chi connectivity index (χ0v) is 17.7. The van der Waals surface area contributed by atoms with E-state index in [-0.39, 0.29) is 5.91 Å². The highest BCUT2D eigenvalue weighted by Gasteiger charge is 2.06. The summed E-state index contributed by atoms with van der Waals surface area (Å²) in [6.45, 7) is 1.21. The van der Waals surface area contributed by atoms with Gasteiger partial charge < -0.3 is 25.4 Å². The number of ether oxygens (including phenoxy) is 2. The topological polar surface area (TPSA) is 84.0 Å². The number of rotatable bonds is 9. The fourth-order valence-electron chi connectivity index (χ4n) is 2.61. The van der Waals surface area contributed by atoms with Crippen LogP contribution in [0, 0.1) is 0 Å². The molecule has 0 saturated heterocycles. The molecule has 0 aliphatic heterocycles. The van der Waals surface area contributed by atoms with Crippen LogP contribution in [0.2, 0.25) is 5.02 Å². The van der Waals surface area contributed by atoms with Crippen LogP contribution in [0.4, 0.5) is 5.69 Å². The number of nitrogens with zero attached hydrogens (tertiary/aromatic N) is 1. The van der Waals surface area contributed by atoms with Crippen molar-refractivity contribution in [3.8, 4) is 11.5 Å². The lowest BCUT2D eigenvalue weighted by Gasteiger charge is -2.13. The molecule has 0 radical (unpaired) electrons. The predicted molar refractivity (Wildman–Crippen MR) is 117 cm³/mol. The van der Waals surface area contributed by atoms with Gasteiger partial charge in [0.1, 0.15) is 0 Å². The molecule has 0 aliphatic carbocycles. The third-order valence-electron chi connectivity index (χ3n) is 4.13. The van der Waals surface area contributed by atoms with Crippen molar-refractivity contribution in [3.05, 3.63) is 53.1 Å². The quantitative estimate of drug-likeness (QED) is 0.330. The summed E-state index contributed by atoms with van der Waals surface area (Å²) < 4.78 is 10.6. The van der Waals surface area contributed by atoms with Crippen molar-refractivity contribution in [3.63, 3.8) is 0 Å². The summed E-state index contributed by atoms with van der Waals surface area (Å²) in [5.74, 6) is 2.00. The standard InChI is InChI=1S/C21H27ClN4O3/c1-23-21(25-14-15-6-11-18(28-2)19(13-15)29-3)24-12-4-5-20(27)26-17-9-7-16(22)8-10-17/h6-11,13H,4-5,12,14H2,1-3H3,(H,26,27)(H2,23,24,25). The van der Waals surface area contributed by atoms with Gasteiger partial charge in [-0.2, -0.15) is 0 Å². The maximum Gasteiger partial charge on any atom is 0.224 e. The van der Waals surface area contributed by atoms with Crippen molar-refractivity contribution in [1.82, 2.24) is 10.6 Å². The second-order valence-corrected chi connectivity index (χ2v) is 6.64. The summed E-state index contributed by atoms with van der Waals surface area (Å²) in [7, 11) is 4.92. The zero-order valence-electron chi connectivity index (χ0n) is 16.9. The van der Waals surface area contributed by atoms with Crippen molar-refractivity contribution < 1.29 is 14.3 Å². The molecule has 1 amide bonds. The SMILES string of the molecule is CN=C(NCCCC(=O)Nc1ccc(Cl)cc1)NCc1ccc(OC)c(OC)c1. The summed E-state index contributed by atoms with van der Waals surface area (Å²) in [5.41, 5.74) is 1.77. The number of aliphatic imine (C=N–C) groups is 1. The van der Waals surface area contributed by atoms with E-state index in [1.165, 1.54) is 0 Å². The van der Waals surface area contributed by atoms with Crippen LogP contribution in [0.1, 0.15) is 18.4 Å². The van der Waals surface area contributed by atoms with Crippen molar-refractivity contribution in [2.24, 2.45) is 4.99 Å². The van der Waals surface area contributed by atoms with Crippen molar-refractivity contribution >= 4 is 29.2 Å². The Morgan fingerprint density at radius 2 is 1.76 bits per heavy atom. The molecule has 2 aromatic rings. The van der Waals surface area contributed by atoms with E-state index >= 15 is 0 Å². The van der Waals surface area contributed by atoms with Crippen LogP contribution in [0.15, 0.2) is 47.5 Å². The Morgan fingerprint density at radius 1 is 1.03 bits per heavy atom. The van der Waals surface area contributed by atoms with Crippen molar-refractivity contribution in [2.75, 3.05) is 33.1 Å². The Kier molecular flexibility index (Phi) is 9.11. The van der Waals surface area contributed by atoms with E-state index < -0.39 is 0 Å². The van der Waals surface area contributed by atoms with Gasteiger partial charge in [0.05, 0.1) is 14.2 Å². The summed E-state index contributed by atoms with van der Waals surface area (Å²) in [6.07, 6.45) is 1.08. The molecule has 0 spiro atoms. The Hall–Kier alpha value is -2.93. The maximum absolute atomic E-state index is 12.0. The first-order valence-electron chi connectivity index (χ1n) is 9.26. The number of guanidine groups is 1. The van der Waals surface area contributed by atoms with Gasteiger partial charge in [-0.25, -0.2) is 0 Å². The number of anilines is 1. The third kappa shape index (κ3) is 7.54. The van der Waals surface area contributed by atoms with Gasteiger partial charge in [0.15, 0.2) is 17.5 Å². The molecular formula is C21H27ClN4O3. The lowest BCUT2D eigenvalue weighted by molar-refractivity contribution is -0.116. The minimum atomic E-state index is -0.0394. The Morgan fingerprint density at radius 3 is 2.41 bits per heavy atom. The molecule has 156 valence electrons. The summed E-state index contributed by atoms with van der Waals surface area (Å²) in [6, 6.07) is 12.8. The van der Waals surface area contributed by atoms with E-state index in [9.17, 15) is 4.79 Å². The molecule has 0 unspecified atom stereocenters. The number of methoxy groups -OCH3 is 2. The molecule has 3 N–H and O–H groups in total. The summed E-state index contributed by atoms with van der Waals surface area (Å²) >= 11 is 5.84. The smallest absolute Gasteiger partial charge is 0.224 e. The molecule has 29 heavy (non-hydrogen) atoms. The molecule has 8 heteroatoms. The lowest BCUT2D eigenvalue weighted by Crippen LogP contribution is -2.37. The number of benzene rings is 2. The lowest BCUT2D eigenvalue weighted by atomic mass is 10.2. The highest BCUT2D eigenvalue weighted by Crippen LogP contribution is 2.27. The fourth-order valence-corrected chi connectivity index (χ4v) is 2.74. The van der Waals surface area contributed by atoms with Gasteiger partial charge in [0, 0.05) is 37.3 Å². The largest absolute Gasteiger partial charge is 0.493 e. The average Bonchev–Trinajstić information content (AvgIpc) is 2.74. The maximum atomic E-state index is 12.0. The van der Waals surface area contributed by atoms with E-state index in [4.69, 9.17) is 21.1 Å². The van der Waals surface area contributed by atoms with E-state index in [2.05, 4.69) is 20.9 Å². The number of amides is 1. The van der Waals surface area contributed by atoms with Crippen LogP contribution < -0.4 is 25.4 Å². The summed E-state index contributed by atoms with van der Waals surface area (Å²) in [4.78, 5) is 16.2. The van der Waals surface area contributed by atoms with Gasteiger partial charge in [-0.15, -0.1) is 0 Å². The number of halogens is 1. The highest BCUT2D eigenvalue weighted by molar-refractivity contribution is 6.30. The Bertz CT molecular complexity index is 825. The van der Waals surface area contributed by atoms with Crippen molar-refractivity contribution in [2.45, 2.75) is 19.4 Å². The molecule has 0 aliphatic rings. The first-order chi connectivity index (χ1) is 14.0. The van der Waals surface area contributed by atoms with E-state index in [1.807, 2.05) is 18.2 Å². The molecule has 0 fully saturated rings. The molecular weight excluding hydrogens is 392 g/mol. The van der Waals surface area contributed by atoms with Gasteiger partial charge in [-0.05, 0) is 48.4 Å². The van der Waals surface area contributed by atoms with E-state index in [0.717, 1.165) is 11.3 Å². The molecule has 0 bridgehead atoms. The molecule has 7 nitrogen and oxygen atoms in total. The Labute approximate surface area is 176 Å². The molecule has 0 heterocycles. The number of hydrogen-bond donors (Lipinski definition) is 3. The van der Waals surface area contributed by atoms with Gasteiger partial charge in [-0.1, -0.05) is 17.7 Å². The van der Waals surface area contributed by atoms with Crippen LogP contribution in [-0.4, -0.2) is 39.7 Å². The van der Waals surface area contributed by atoms with Gasteiger partial charge >= 0.3 is 0 Å². The molecule has 0 aromatic heterocycles. The molecule has 0 atom stereocenters. The van der Waals surface area contributed by atoms with E-state index in [0.29, 0.717) is 48.4 Å².